The van der Waals surface area contributed by atoms with Gasteiger partial charge in [-0.25, -0.2) is 0 Å². The Morgan fingerprint density at radius 2 is 1.71 bits per heavy atom. The summed E-state index contributed by atoms with van der Waals surface area (Å²) < 4.78 is 10.5. The number of hydrogen-bond donors (Lipinski definition) is 1. The van der Waals surface area contributed by atoms with Crippen molar-refractivity contribution in [1.82, 2.24) is 10.2 Å². The average molecular weight is 328 g/mol. The minimum Gasteiger partial charge on any atom is -0.497 e. The first-order chi connectivity index (χ1) is 11.6. The molecule has 24 heavy (non-hydrogen) atoms. The fourth-order valence-electron chi connectivity index (χ4n) is 2.55. The van der Waals surface area contributed by atoms with Crippen LogP contribution in [-0.4, -0.2) is 45.7 Å². The van der Waals surface area contributed by atoms with Gasteiger partial charge in [-0.05, 0) is 44.4 Å². The van der Waals surface area contributed by atoms with Gasteiger partial charge in [-0.2, -0.15) is 0 Å². The summed E-state index contributed by atoms with van der Waals surface area (Å²) in [5.74, 6) is 1.43. The summed E-state index contributed by atoms with van der Waals surface area (Å²) in [5.41, 5.74) is 1.65. The Hall–Kier alpha value is -2.53. The molecule has 5 nitrogen and oxygen atoms in total. The van der Waals surface area contributed by atoms with Crippen LogP contribution in [0.5, 0.6) is 11.5 Å². The first kappa shape index (κ1) is 17.8. The number of methoxy groups -OCH3 is 2. The standard InChI is InChI=1S/C19H24N2O3/c1-21(2)17(16-7-5-6-8-18(16)24-4)13-20-19(22)14-9-11-15(23-3)12-10-14/h5-12,17H,13H2,1-4H3,(H,20,22)/t17-/m1/s1. The number of likely N-dealkylation sites (N-methyl/N-ethyl adjacent to an activating group) is 1. The second-order valence-electron chi connectivity index (χ2n) is 5.66. The maximum Gasteiger partial charge on any atom is 0.251 e. The highest BCUT2D eigenvalue weighted by Gasteiger charge is 2.19. The zero-order chi connectivity index (χ0) is 17.5. The molecule has 1 atom stereocenters. The van der Waals surface area contributed by atoms with Crippen molar-refractivity contribution in [1.29, 1.82) is 0 Å². The van der Waals surface area contributed by atoms with E-state index in [2.05, 4.69) is 10.2 Å². The lowest BCUT2D eigenvalue weighted by Gasteiger charge is -2.26. The number of hydrogen-bond acceptors (Lipinski definition) is 4. The molecule has 0 saturated carbocycles. The number of carbonyl (C=O) groups excluding carboxylic acids is 1. The lowest BCUT2D eigenvalue weighted by atomic mass is 10.0. The number of nitrogens with one attached hydrogen (secondary N) is 1. The third-order valence-corrected chi connectivity index (χ3v) is 3.93. The molecule has 1 amide bonds. The molecule has 0 fully saturated rings. The zero-order valence-electron chi connectivity index (χ0n) is 14.6. The molecule has 0 saturated heterocycles. The quantitative estimate of drug-likeness (QED) is 0.849. The van der Waals surface area contributed by atoms with Gasteiger partial charge in [0.15, 0.2) is 0 Å². The van der Waals surface area contributed by atoms with Gasteiger partial charge in [0.05, 0.1) is 20.3 Å². The molecule has 5 heteroatoms. The molecule has 0 spiro atoms. The Bertz CT molecular complexity index is 669. The first-order valence-electron chi connectivity index (χ1n) is 7.78. The van der Waals surface area contributed by atoms with Crippen molar-refractivity contribution in [3.8, 4) is 11.5 Å². The van der Waals surface area contributed by atoms with Crippen LogP contribution in [0.4, 0.5) is 0 Å². The summed E-state index contributed by atoms with van der Waals surface area (Å²) in [7, 11) is 7.22. The van der Waals surface area contributed by atoms with Crippen molar-refractivity contribution in [2.75, 3.05) is 34.9 Å². The highest BCUT2D eigenvalue weighted by molar-refractivity contribution is 5.94. The third kappa shape index (κ3) is 4.26. The SMILES string of the molecule is COc1ccc(C(=O)NC[C@H](c2ccccc2OC)N(C)C)cc1. The lowest BCUT2D eigenvalue weighted by molar-refractivity contribution is 0.0941. The van der Waals surface area contributed by atoms with Gasteiger partial charge in [0.2, 0.25) is 0 Å². The fraction of sp³-hybridized carbons (Fsp3) is 0.316. The number of amides is 1. The van der Waals surface area contributed by atoms with Crippen molar-refractivity contribution in [3.63, 3.8) is 0 Å². The summed E-state index contributed by atoms with van der Waals surface area (Å²) in [5, 5.41) is 2.99. The topological polar surface area (TPSA) is 50.8 Å². The van der Waals surface area contributed by atoms with Crippen molar-refractivity contribution in [2.24, 2.45) is 0 Å². The Morgan fingerprint density at radius 1 is 1.04 bits per heavy atom. The third-order valence-electron chi connectivity index (χ3n) is 3.93. The van der Waals surface area contributed by atoms with E-state index in [1.165, 1.54) is 0 Å². The summed E-state index contributed by atoms with van der Waals surface area (Å²) in [6.07, 6.45) is 0. The van der Waals surface area contributed by atoms with Gasteiger partial charge in [0, 0.05) is 17.7 Å². The van der Waals surface area contributed by atoms with E-state index in [9.17, 15) is 4.79 Å². The predicted octanol–water partition coefficient (Wildman–Crippen LogP) is 2.74. The first-order valence-corrected chi connectivity index (χ1v) is 7.78. The Morgan fingerprint density at radius 3 is 2.29 bits per heavy atom. The normalized spacial score (nSPS) is 11.9. The number of rotatable bonds is 7. The van der Waals surface area contributed by atoms with Gasteiger partial charge in [0.1, 0.15) is 11.5 Å². The van der Waals surface area contributed by atoms with E-state index in [0.717, 1.165) is 17.1 Å². The van der Waals surface area contributed by atoms with Gasteiger partial charge in [0.25, 0.3) is 5.91 Å². The molecule has 1 N–H and O–H groups in total. The second-order valence-corrected chi connectivity index (χ2v) is 5.66. The van der Waals surface area contributed by atoms with E-state index in [4.69, 9.17) is 9.47 Å². The van der Waals surface area contributed by atoms with Gasteiger partial charge in [-0.3, -0.25) is 4.79 Å². The molecule has 2 aromatic carbocycles. The van der Waals surface area contributed by atoms with Crippen LogP contribution in [0.2, 0.25) is 0 Å². The van der Waals surface area contributed by atoms with Gasteiger partial charge < -0.3 is 19.7 Å². The molecule has 2 aromatic rings. The van der Waals surface area contributed by atoms with Crippen LogP contribution in [0.1, 0.15) is 22.0 Å². The van der Waals surface area contributed by atoms with Gasteiger partial charge >= 0.3 is 0 Å². The minimum atomic E-state index is -0.112. The summed E-state index contributed by atoms with van der Waals surface area (Å²) in [4.78, 5) is 14.4. The fourth-order valence-corrected chi connectivity index (χ4v) is 2.55. The minimum absolute atomic E-state index is 0.0170. The maximum atomic E-state index is 12.4. The van der Waals surface area contributed by atoms with E-state index in [0.29, 0.717) is 12.1 Å². The van der Waals surface area contributed by atoms with Crippen LogP contribution in [0.15, 0.2) is 48.5 Å². The van der Waals surface area contributed by atoms with Crippen molar-refractivity contribution < 1.29 is 14.3 Å². The Balaban J connectivity index is 2.09. The van der Waals surface area contributed by atoms with E-state index in [1.807, 2.05) is 38.4 Å². The van der Waals surface area contributed by atoms with Crippen molar-refractivity contribution in [2.45, 2.75) is 6.04 Å². The van der Waals surface area contributed by atoms with E-state index in [1.54, 1.807) is 38.5 Å². The van der Waals surface area contributed by atoms with Gasteiger partial charge in [-0.15, -0.1) is 0 Å². The van der Waals surface area contributed by atoms with Crippen LogP contribution in [-0.2, 0) is 0 Å². The molecule has 128 valence electrons. The Kier molecular flexibility index (Phi) is 6.21. The molecule has 0 heterocycles. The van der Waals surface area contributed by atoms with Crippen LogP contribution >= 0.6 is 0 Å². The summed E-state index contributed by atoms with van der Waals surface area (Å²) >= 11 is 0. The average Bonchev–Trinajstić information content (AvgIpc) is 2.62. The summed E-state index contributed by atoms with van der Waals surface area (Å²) in [6.45, 7) is 0.484. The predicted molar refractivity (Wildman–Crippen MR) is 94.7 cm³/mol. The largest absolute Gasteiger partial charge is 0.497 e. The monoisotopic (exact) mass is 328 g/mol. The van der Waals surface area contributed by atoms with E-state index >= 15 is 0 Å². The zero-order valence-corrected chi connectivity index (χ0v) is 14.6. The van der Waals surface area contributed by atoms with Crippen molar-refractivity contribution in [3.05, 3.63) is 59.7 Å². The number of nitrogens with zero attached hydrogens (tertiary/aromatic N) is 1. The Labute approximate surface area is 143 Å². The number of benzene rings is 2. The molecule has 0 bridgehead atoms. The lowest BCUT2D eigenvalue weighted by Crippen LogP contribution is -2.34. The molecular formula is C19H24N2O3. The van der Waals surface area contributed by atoms with Crippen LogP contribution in [0, 0.1) is 0 Å². The molecular weight excluding hydrogens is 304 g/mol. The molecule has 0 radical (unpaired) electrons. The molecule has 0 unspecified atom stereocenters. The summed E-state index contributed by atoms with van der Waals surface area (Å²) in [6, 6.07) is 14.9. The van der Waals surface area contributed by atoms with Gasteiger partial charge in [-0.1, -0.05) is 18.2 Å². The number of carbonyl (C=O) groups is 1. The number of para-hydroxylation sites is 1. The van der Waals surface area contributed by atoms with Crippen LogP contribution < -0.4 is 14.8 Å². The van der Waals surface area contributed by atoms with Crippen molar-refractivity contribution >= 4 is 5.91 Å². The molecule has 0 aliphatic carbocycles. The van der Waals surface area contributed by atoms with E-state index in [-0.39, 0.29) is 11.9 Å². The smallest absolute Gasteiger partial charge is 0.251 e. The highest BCUT2D eigenvalue weighted by Crippen LogP contribution is 2.27. The molecule has 0 aliphatic heterocycles. The van der Waals surface area contributed by atoms with E-state index < -0.39 is 0 Å². The molecule has 2 rings (SSSR count). The second kappa shape index (κ2) is 8.36. The maximum absolute atomic E-state index is 12.4. The molecule has 0 aliphatic rings. The highest BCUT2D eigenvalue weighted by atomic mass is 16.5. The van der Waals surface area contributed by atoms with Crippen LogP contribution in [0.3, 0.4) is 0 Å². The number of ether oxygens (including phenoxy) is 2. The molecule has 0 aromatic heterocycles. The van der Waals surface area contributed by atoms with Crippen LogP contribution in [0.25, 0.3) is 0 Å².